The molecule has 15 heavy (non-hydrogen) atoms. The Labute approximate surface area is 87.5 Å². The van der Waals surface area contributed by atoms with Crippen molar-refractivity contribution in [2.24, 2.45) is 5.73 Å². The first-order valence-electron chi connectivity index (χ1n) is 5.15. The van der Waals surface area contributed by atoms with E-state index in [-0.39, 0.29) is 12.3 Å². The largest absolute Gasteiger partial charge is 0.337 e. The Morgan fingerprint density at radius 1 is 1.47 bits per heavy atom. The number of benzene rings is 1. The summed E-state index contributed by atoms with van der Waals surface area (Å²) in [6.07, 6.45) is 1.03. The van der Waals surface area contributed by atoms with Crippen molar-refractivity contribution in [2.75, 3.05) is 6.54 Å². The summed E-state index contributed by atoms with van der Waals surface area (Å²) < 4.78 is 2.10. The Bertz CT molecular complexity index is 554. The van der Waals surface area contributed by atoms with Crippen molar-refractivity contribution >= 4 is 16.7 Å². The van der Waals surface area contributed by atoms with E-state index >= 15 is 0 Å². The molecule has 0 radical (unpaired) electrons. The third-order valence-electron chi connectivity index (χ3n) is 3.08. The molecule has 0 saturated carbocycles. The highest BCUT2D eigenvalue weighted by Gasteiger charge is 2.20. The molecule has 3 nitrogen and oxygen atoms in total. The fourth-order valence-corrected chi connectivity index (χ4v) is 2.40. The van der Waals surface area contributed by atoms with E-state index in [1.807, 2.05) is 18.2 Å². The number of aryl methyl sites for hydroxylation is 2. The van der Waals surface area contributed by atoms with E-state index in [0.717, 1.165) is 24.0 Å². The van der Waals surface area contributed by atoms with Gasteiger partial charge in [-0.05, 0) is 18.1 Å². The molecule has 0 fully saturated rings. The lowest BCUT2D eigenvalue weighted by atomic mass is 10.1. The maximum atomic E-state index is 11.6. The van der Waals surface area contributed by atoms with Crippen molar-refractivity contribution in [3.63, 3.8) is 0 Å². The summed E-state index contributed by atoms with van der Waals surface area (Å²) in [5.74, 6) is 0.0269. The minimum atomic E-state index is 0.0269. The highest BCUT2D eigenvalue weighted by molar-refractivity contribution is 6.02. The molecule has 0 atom stereocenters. The summed E-state index contributed by atoms with van der Waals surface area (Å²) in [7, 11) is 0. The van der Waals surface area contributed by atoms with E-state index in [4.69, 9.17) is 5.73 Å². The average Bonchev–Trinajstić information content (AvgIpc) is 2.84. The molecule has 3 heteroatoms. The Morgan fingerprint density at radius 3 is 3.13 bits per heavy atom. The van der Waals surface area contributed by atoms with Gasteiger partial charge >= 0.3 is 0 Å². The minimum absolute atomic E-state index is 0.0269. The zero-order chi connectivity index (χ0) is 10.4. The smallest absolute Gasteiger partial charge is 0.192 e. The Hall–Kier alpha value is -1.61. The van der Waals surface area contributed by atoms with Crippen LogP contribution in [0.1, 0.15) is 16.1 Å². The predicted molar refractivity (Wildman–Crippen MR) is 59.0 cm³/mol. The molecule has 0 bridgehead atoms. The first-order chi connectivity index (χ1) is 7.31. The molecule has 1 aliphatic rings. The van der Waals surface area contributed by atoms with Crippen LogP contribution in [-0.4, -0.2) is 16.9 Å². The minimum Gasteiger partial charge on any atom is -0.337 e. The molecule has 2 aromatic rings. The van der Waals surface area contributed by atoms with Crippen molar-refractivity contribution in [1.29, 1.82) is 0 Å². The summed E-state index contributed by atoms with van der Waals surface area (Å²) >= 11 is 0. The van der Waals surface area contributed by atoms with Gasteiger partial charge in [0.05, 0.1) is 17.8 Å². The van der Waals surface area contributed by atoms with Gasteiger partial charge in [-0.1, -0.05) is 18.2 Å². The number of aromatic nitrogens is 1. The molecular weight excluding hydrogens is 188 g/mol. The van der Waals surface area contributed by atoms with Gasteiger partial charge < -0.3 is 10.3 Å². The van der Waals surface area contributed by atoms with Gasteiger partial charge in [0.1, 0.15) is 0 Å². The number of para-hydroxylation sites is 1. The van der Waals surface area contributed by atoms with Crippen LogP contribution in [0.4, 0.5) is 0 Å². The van der Waals surface area contributed by atoms with E-state index < -0.39 is 0 Å². The Balaban J connectivity index is 2.34. The lowest BCUT2D eigenvalue weighted by Gasteiger charge is -2.01. The monoisotopic (exact) mass is 200 g/mol. The van der Waals surface area contributed by atoms with Gasteiger partial charge in [0, 0.05) is 11.9 Å². The van der Waals surface area contributed by atoms with Crippen LogP contribution in [0.2, 0.25) is 0 Å². The molecule has 1 aliphatic heterocycles. The van der Waals surface area contributed by atoms with Gasteiger partial charge in [0.25, 0.3) is 0 Å². The van der Waals surface area contributed by atoms with Crippen LogP contribution in [-0.2, 0) is 13.0 Å². The summed E-state index contributed by atoms with van der Waals surface area (Å²) in [5.41, 5.74) is 8.72. The fourth-order valence-electron chi connectivity index (χ4n) is 2.40. The van der Waals surface area contributed by atoms with Crippen molar-refractivity contribution in [3.8, 4) is 0 Å². The quantitative estimate of drug-likeness (QED) is 0.743. The van der Waals surface area contributed by atoms with Crippen LogP contribution in [0, 0.1) is 0 Å². The van der Waals surface area contributed by atoms with E-state index in [0.29, 0.717) is 0 Å². The van der Waals surface area contributed by atoms with Crippen LogP contribution in [0.25, 0.3) is 10.9 Å². The molecule has 3 rings (SSSR count). The molecule has 1 aromatic heterocycles. The van der Waals surface area contributed by atoms with E-state index in [9.17, 15) is 4.79 Å². The molecule has 0 saturated heterocycles. The highest BCUT2D eigenvalue weighted by atomic mass is 16.1. The number of carbonyl (C=O) groups excluding carboxylic acids is 1. The van der Waals surface area contributed by atoms with E-state index in [1.54, 1.807) is 0 Å². The van der Waals surface area contributed by atoms with Gasteiger partial charge in [0.2, 0.25) is 0 Å². The molecule has 0 aliphatic carbocycles. The summed E-state index contributed by atoms with van der Waals surface area (Å²) in [6, 6.07) is 8.17. The van der Waals surface area contributed by atoms with Gasteiger partial charge in [-0.25, -0.2) is 0 Å². The van der Waals surface area contributed by atoms with Crippen molar-refractivity contribution in [2.45, 2.75) is 13.0 Å². The lowest BCUT2D eigenvalue weighted by Crippen LogP contribution is -2.17. The first kappa shape index (κ1) is 8.68. The Morgan fingerprint density at radius 2 is 2.33 bits per heavy atom. The van der Waals surface area contributed by atoms with E-state index in [1.165, 1.54) is 11.1 Å². The van der Waals surface area contributed by atoms with Gasteiger partial charge in [-0.2, -0.15) is 0 Å². The SMILES string of the molecule is NCC(=O)c1cc2cccc3c2n1CC3. The molecule has 2 heterocycles. The third-order valence-corrected chi connectivity index (χ3v) is 3.08. The van der Waals surface area contributed by atoms with Crippen molar-refractivity contribution in [1.82, 2.24) is 4.57 Å². The van der Waals surface area contributed by atoms with Crippen molar-refractivity contribution < 1.29 is 4.79 Å². The summed E-state index contributed by atoms with van der Waals surface area (Å²) in [4.78, 5) is 11.6. The van der Waals surface area contributed by atoms with Crippen LogP contribution in [0.3, 0.4) is 0 Å². The molecule has 0 unspecified atom stereocenters. The number of carbonyl (C=O) groups is 1. The number of Topliss-reactive ketones (excluding diaryl/α,β-unsaturated/α-hetero) is 1. The number of nitrogens with zero attached hydrogens (tertiary/aromatic N) is 1. The fraction of sp³-hybridized carbons (Fsp3) is 0.250. The second-order valence-electron chi connectivity index (χ2n) is 3.91. The van der Waals surface area contributed by atoms with Crippen molar-refractivity contribution in [3.05, 3.63) is 35.5 Å². The molecule has 0 amide bonds. The highest BCUT2D eigenvalue weighted by Crippen LogP contribution is 2.29. The third kappa shape index (κ3) is 1.07. The van der Waals surface area contributed by atoms with Crippen LogP contribution < -0.4 is 5.73 Å². The number of hydrogen-bond donors (Lipinski definition) is 1. The summed E-state index contributed by atoms with van der Waals surface area (Å²) in [5, 5.41) is 1.15. The standard InChI is InChI=1S/C12H12N2O/c13-7-11(15)10-6-9-3-1-2-8-4-5-14(10)12(8)9/h1-3,6H,4-5,7,13H2. The maximum absolute atomic E-state index is 11.6. The molecule has 76 valence electrons. The lowest BCUT2D eigenvalue weighted by molar-refractivity contribution is 0.0993. The zero-order valence-corrected chi connectivity index (χ0v) is 8.36. The number of hydrogen-bond acceptors (Lipinski definition) is 2. The molecular formula is C12H12N2O. The van der Waals surface area contributed by atoms with Gasteiger partial charge in [-0.15, -0.1) is 0 Å². The van der Waals surface area contributed by atoms with Crippen LogP contribution in [0.15, 0.2) is 24.3 Å². The molecule has 0 spiro atoms. The number of nitrogens with two attached hydrogens (primary N) is 1. The number of ketones is 1. The molecule has 1 aromatic carbocycles. The van der Waals surface area contributed by atoms with Gasteiger partial charge in [-0.3, -0.25) is 4.79 Å². The van der Waals surface area contributed by atoms with Gasteiger partial charge in [0.15, 0.2) is 5.78 Å². The Kier molecular flexibility index (Phi) is 1.70. The van der Waals surface area contributed by atoms with Crippen LogP contribution >= 0.6 is 0 Å². The average molecular weight is 200 g/mol. The first-order valence-corrected chi connectivity index (χ1v) is 5.15. The second-order valence-corrected chi connectivity index (χ2v) is 3.91. The maximum Gasteiger partial charge on any atom is 0.192 e. The molecule has 2 N–H and O–H groups in total. The topological polar surface area (TPSA) is 48.0 Å². The normalized spacial score (nSPS) is 13.7. The van der Waals surface area contributed by atoms with Crippen LogP contribution in [0.5, 0.6) is 0 Å². The summed E-state index contributed by atoms with van der Waals surface area (Å²) in [6.45, 7) is 0.996. The zero-order valence-electron chi connectivity index (χ0n) is 8.36. The number of rotatable bonds is 2. The predicted octanol–water partition coefficient (Wildman–Crippen LogP) is 1.34. The second kappa shape index (κ2) is 2.94. The van der Waals surface area contributed by atoms with E-state index in [2.05, 4.69) is 10.6 Å².